The van der Waals surface area contributed by atoms with Gasteiger partial charge in [0.1, 0.15) is 5.70 Å². The molecule has 0 atom stereocenters. The molecule has 1 N–H and O–H groups in total. The monoisotopic (exact) mass is 287 g/mol. The van der Waals surface area contributed by atoms with E-state index in [0.29, 0.717) is 5.56 Å². The number of thiophene rings is 1. The second-order valence-corrected chi connectivity index (χ2v) is 4.86. The lowest BCUT2D eigenvalue weighted by atomic mass is 10.2. The fourth-order valence-electron chi connectivity index (χ4n) is 1.56. The number of ether oxygens (including phenoxy) is 1. The van der Waals surface area contributed by atoms with E-state index in [1.165, 1.54) is 18.4 Å². The number of hydrogen-bond acceptors (Lipinski definition) is 4. The Bertz CT molecular complexity index is 618. The van der Waals surface area contributed by atoms with E-state index >= 15 is 0 Å². The summed E-state index contributed by atoms with van der Waals surface area (Å²) in [7, 11) is 1.28. The number of hydrogen-bond donors (Lipinski definition) is 1. The van der Waals surface area contributed by atoms with Crippen LogP contribution >= 0.6 is 11.3 Å². The van der Waals surface area contributed by atoms with Crippen molar-refractivity contribution in [2.24, 2.45) is 0 Å². The van der Waals surface area contributed by atoms with Crippen molar-refractivity contribution < 1.29 is 14.3 Å². The van der Waals surface area contributed by atoms with Crippen LogP contribution in [0.3, 0.4) is 0 Å². The van der Waals surface area contributed by atoms with E-state index < -0.39 is 5.97 Å². The first-order valence-electron chi connectivity index (χ1n) is 5.90. The van der Waals surface area contributed by atoms with E-state index in [4.69, 9.17) is 0 Å². The van der Waals surface area contributed by atoms with Gasteiger partial charge >= 0.3 is 5.97 Å². The molecule has 102 valence electrons. The van der Waals surface area contributed by atoms with Gasteiger partial charge in [0, 0.05) is 10.4 Å². The molecule has 0 aliphatic carbocycles. The number of esters is 1. The molecule has 5 heteroatoms. The third-order valence-corrected chi connectivity index (χ3v) is 3.34. The lowest BCUT2D eigenvalue weighted by Gasteiger charge is -2.07. The molecule has 0 aliphatic rings. The number of methoxy groups -OCH3 is 1. The molecule has 0 aliphatic heterocycles. The first-order valence-corrected chi connectivity index (χ1v) is 6.78. The van der Waals surface area contributed by atoms with Gasteiger partial charge in [-0.15, -0.1) is 11.3 Å². The van der Waals surface area contributed by atoms with Crippen LogP contribution < -0.4 is 5.32 Å². The minimum Gasteiger partial charge on any atom is -0.464 e. The maximum atomic E-state index is 12.0. The van der Waals surface area contributed by atoms with Crippen LogP contribution in [0.4, 0.5) is 0 Å². The topological polar surface area (TPSA) is 55.4 Å². The number of amides is 1. The average molecular weight is 287 g/mol. The Balaban J connectivity index is 2.21. The normalized spacial score (nSPS) is 10.9. The molecule has 2 rings (SSSR count). The van der Waals surface area contributed by atoms with Crippen LogP contribution in [-0.2, 0) is 9.53 Å². The predicted molar refractivity (Wildman–Crippen MR) is 78.2 cm³/mol. The van der Waals surface area contributed by atoms with Crippen molar-refractivity contribution in [3.63, 3.8) is 0 Å². The van der Waals surface area contributed by atoms with Crippen molar-refractivity contribution in [3.05, 3.63) is 64.0 Å². The highest BCUT2D eigenvalue weighted by molar-refractivity contribution is 7.10. The maximum Gasteiger partial charge on any atom is 0.354 e. The summed E-state index contributed by atoms with van der Waals surface area (Å²) in [5.74, 6) is -0.929. The molecule has 1 heterocycles. The molecular weight excluding hydrogens is 274 g/mol. The second kappa shape index (κ2) is 6.68. The minimum atomic E-state index is -0.581. The minimum absolute atomic E-state index is 0.115. The van der Waals surface area contributed by atoms with Crippen LogP contribution in [0.2, 0.25) is 0 Å². The summed E-state index contributed by atoms with van der Waals surface area (Å²) in [6.45, 7) is 0. The Morgan fingerprint density at radius 3 is 2.50 bits per heavy atom. The van der Waals surface area contributed by atoms with Gasteiger partial charge in [-0.1, -0.05) is 24.3 Å². The van der Waals surface area contributed by atoms with Crippen LogP contribution in [0.15, 0.2) is 53.5 Å². The van der Waals surface area contributed by atoms with Gasteiger partial charge in [0.25, 0.3) is 5.91 Å². The number of benzene rings is 1. The number of rotatable bonds is 4. The average Bonchev–Trinajstić information content (AvgIpc) is 2.99. The largest absolute Gasteiger partial charge is 0.464 e. The molecule has 1 amide bonds. The van der Waals surface area contributed by atoms with E-state index in [2.05, 4.69) is 10.1 Å². The van der Waals surface area contributed by atoms with Crippen molar-refractivity contribution >= 4 is 29.3 Å². The van der Waals surface area contributed by atoms with E-state index in [1.807, 2.05) is 23.6 Å². The van der Waals surface area contributed by atoms with Gasteiger partial charge in [0.2, 0.25) is 0 Å². The summed E-state index contributed by atoms with van der Waals surface area (Å²) in [5.41, 5.74) is 0.595. The van der Waals surface area contributed by atoms with Crippen molar-refractivity contribution in [1.29, 1.82) is 0 Å². The van der Waals surface area contributed by atoms with E-state index in [-0.39, 0.29) is 11.6 Å². The summed E-state index contributed by atoms with van der Waals surface area (Å²) < 4.78 is 4.68. The van der Waals surface area contributed by atoms with Crippen LogP contribution in [0.5, 0.6) is 0 Å². The molecular formula is C15H13NO3S. The van der Waals surface area contributed by atoms with Gasteiger partial charge in [-0.25, -0.2) is 4.79 Å². The Kier molecular flexibility index (Phi) is 4.68. The van der Waals surface area contributed by atoms with Gasteiger partial charge in [0.15, 0.2) is 0 Å². The molecule has 0 saturated carbocycles. The number of carbonyl (C=O) groups excluding carboxylic acids is 2. The van der Waals surface area contributed by atoms with Crippen molar-refractivity contribution in [1.82, 2.24) is 5.32 Å². The molecule has 0 unspecified atom stereocenters. The van der Waals surface area contributed by atoms with Gasteiger partial charge in [-0.2, -0.15) is 0 Å². The molecule has 1 aromatic carbocycles. The molecule has 0 spiro atoms. The number of carbonyl (C=O) groups is 2. The zero-order valence-corrected chi connectivity index (χ0v) is 11.6. The summed E-state index contributed by atoms with van der Waals surface area (Å²) in [4.78, 5) is 24.6. The summed E-state index contributed by atoms with van der Waals surface area (Å²) in [6, 6.07) is 12.4. The standard InChI is InChI=1S/C15H13NO3S/c1-19-15(18)13(10-12-8-5-9-20-12)16-14(17)11-6-3-2-4-7-11/h2-10H,1H3,(H,16,17). The van der Waals surface area contributed by atoms with Gasteiger partial charge in [0.05, 0.1) is 7.11 Å². The van der Waals surface area contributed by atoms with Crippen molar-refractivity contribution in [2.45, 2.75) is 0 Å². The summed E-state index contributed by atoms with van der Waals surface area (Å²) in [5, 5.41) is 4.47. The highest BCUT2D eigenvalue weighted by Crippen LogP contribution is 2.13. The first kappa shape index (κ1) is 14.0. The molecule has 0 saturated heterocycles. The smallest absolute Gasteiger partial charge is 0.354 e. The van der Waals surface area contributed by atoms with Gasteiger partial charge in [-0.3, -0.25) is 4.79 Å². The molecule has 1 aromatic heterocycles. The highest BCUT2D eigenvalue weighted by atomic mass is 32.1. The molecule has 0 bridgehead atoms. The molecule has 2 aromatic rings. The van der Waals surface area contributed by atoms with Crippen molar-refractivity contribution in [3.8, 4) is 0 Å². The predicted octanol–water partition coefficient (Wildman–Crippen LogP) is 2.69. The van der Waals surface area contributed by atoms with E-state index in [1.54, 1.807) is 30.3 Å². The molecule has 0 radical (unpaired) electrons. The van der Waals surface area contributed by atoms with Crippen LogP contribution in [0.25, 0.3) is 6.08 Å². The zero-order valence-electron chi connectivity index (χ0n) is 10.8. The Morgan fingerprint density at radius 1 is 1.15 bits per heavy atom. The SMILES string of the molecule is COC(=O)C(=Cc1cccs1)NC(=O)c1ccccc1. The van der Waals surface area contributed by atoms with Crippen LogP contribution in [0, 0.1) is 0 Å². The molecule has 0 fully saturated rings. The Morgan fingerprint density at radius 2 is 1.90 bits per heavy atom. The molecule has 4 nitrogen and oxygen atoms in total. The Labute approximate surface area is 120 Å². The van der Waals surface area contributed by atoms with Gasteiger partial charge in [-0.05, 0) is 29.7 Å². The summed E-state index contributed by atoms with van der Waals surface area (Å²) >= 11 is 1.47. The third-order valence-electron chi connectivity index (χ3n) is 2.52. The van der Waals surface area contributed by atoms with E-state index in [9.17, 15) is 9.59 Å². The highest BCUT2D eigenvalue weighted by Gasteiger charge is 2.14. The fraction of sp³-hybridized carbons (Fsp3) is 0.0667. The molecule has 20 heavy (non-hydrogen) atoms. The van der Waals surface area contributed by atoms with E-state index in [0.717, 1.165) is 4.88 Å². The van der Waals surface area contributed by atoms with Gasteiger partial charge < -0.3 is 10.1 Å². The number of nitrogens with one attached hydrogen (secondary N) is 1. The second-order valence-electron chi connectivity index (χ2n) is 3.89. The van der Waals surface area contributed by atoms with Crippen molar-refractivity contribution in [2.75, 3.05) is 7.11 Å². The zero-order chi connectivity index (χ0) is 14.4. The lowest BCUT2D eigenvalue weighted by Crippen LogP contribution is -2.27. The maximum absolute atomic E-state index is 12.0. The van der Waals surface area contributed by atoms with Crippen LogP contribution in [-0.4, -0.2) is 19.0 Å². The summed E-state index contributed by atoms with van der Waals surface area (Å²) in [6.07, 6.45) is 1.59. The fourth-order valence-corrected chi connectivity index (χ4v) is 2.21. The quantitative estimate of drug-likeness (QED) is 0.695. The third kappa shape index (κ3) is 3.55. The first-order chi connectivity index (χ1) is 9.70. The lowest BCUT2D eigenvalue weighted by molar-refractivity contribution is -0.136. The Hall–Kier alpha value is -2.40. The van der Waals surface area contributed by atoms with Crippen LogP contribution in [0.1, 0.15) is 15.2 Å².